The van der Waals surface area contributed by atoms with Crippen molar-refractivity contribution < 1.29 is 14.3 Å². The van der Waals surface area contributed by atoms with Gasteiger partial charge in [-0.1, -0.05) is 0 Å². The third kappa shape index (κ3) is 3.95. The van der Waals surface area contributed by atoms with Gasteiger partial charge in [-0.3, -0.25) is 10.1 Å². The molecule has 0 bridgehead atoms. The minimum absolute atomic E-state index is 0.0170. The molecule has 1 aliphatic rings. The molecule has 1 unspecified atom stereocenters. The summed E-state index contributed by atoms with van der Waals surface area (Å²) in [6, 6.07) is 6.94. The van der Waals surface area contributed by atoms with Crippen molar-refractivity contribution >= 4 is 23.4 Å². The Morgan fingerprint density at radius 1 is 1.19 bits per heavy atom. The number of piperidine rings is 1. The van der Waals surface area contributed by atoms with Gasteiger partial charge in [0, 0.05) is 17.9 Å². The number of carbonyl (C=O) groups excluding carboxylic acids is 2. The van der Waals surface area contributed by atoms with E-state index in [4.69, 9.17) is 0 Å². The van der Waals surface area contributed by atoms with Crippen LogP contribution in [0, 0.1) is 5.41 Å². The smallest absolute Gasteiger partial charge is 0.411 e. The van der Waals surface area contributed by atoms with Gasteiger partial charge in [0.15, 0.2) is 0 Å². The molecule has 1 aromatic rings. The fourth-order valence-corrected chi connectivity index (χ4v) is 2.34. The van der Waals surface area contributed by atoms with Crippen LogP contribution in [0.2, 0.25) is 0 Å². The van der Waals surface area contributed by atoms with E-state index in [1.807, 2.05) is 6.92 Å². The van der Waals surface area contributed by atoms with Crippen molar-refractivity contribution in [2.24, 2.45) is 5.41 Å². The van der Waals surface area contributed by atoms with E-state index in [2.05, 4.69) is 20.7 Å². The van der Waals surface area contributed by atoms with Crippen LogP contribution in [0.4, 0.5) is 16.2 Å². The quantitative estimate of drug-likeness (QED) is 0.797. The second kappa shape index (κ2) is 6.58. The van der Waals surface area contributed by atoms with E-state index in [0.29, 0.717) is 17.9 Å². The Bertz CT molecular complexity index is 507. The van der Waals surface area contributed by atoms with Crippen LogP contribution in [-0.2, 0) is 9.53 Å². The van der Waals surface area contributed by atoms with Crippen LogP contribution in [0.5, 0.6) is 0 Å². The third-order valence-corrected chi connectivity index (χ3v) is 3.72. The van der Waals surface area contributed by atoms with Crippen LogP contribution in [0.15, 0.2) is 24.3 Å². The molecule has 114 valence electrons. The molecular formula is C15H21N3O3. The molecule has 1 atom stereocenters. The van der Waals surface area contributed by atoms with Gasteiger partial charge in [0.1, 0.15) is 0 Å². The van der Waals surface area contributed by atoms with Gasteiger partial charge in [-0.15, -0.1) is 0 Å². The highest BCUT2D eigenvalue weighted by Crippen LogP contribution is 2.27. The minimum Gasteiger partial charge on any atom is -0.453 e. The molecule has 1 fully saturated rings. The number of hydrogen-bond donors (Lipinski definition) is 3. The van der Waals surface area contributed by atoms with Gasteiger partial charge in [0.05, 0.1) is 12.5 Å². The van der Waals surface area contributed by atoms with E-state index in [0.717, 1.165) is 19.4 Å². The highest BCUT2D eigenvalue weighted by molar-refractivity contribution is 5.95. The summed E-state index contributed by atoms with van der Waals surface area (Å²) in [7, 11) is 1.31. The number of ether oxygens (including phenoxy) is 1. The topological polar surface area (TPSA) is 79.5 Å². The molecule has 6 heteroatoms. The van der Waals surface area contributed by atoms with Gasteiger partial charge >= 0.3 is 6.09 Å². The zero-order valence-corrected chi connectivity index (χ0v) is 12.4. The zero-order valence-electron chi connectivity index (χ0n) is 12.4. The van der Waals surface area contributed by atoms with Crippen LogP contribution in [0.1, 0.15) is 19.8 Å². The molecule has 21 heavy (non-hydrogen) atoms. The normalized spacial score (nSPS) is 21.4. The number of methoxy groups -OCH3 is 1. The Kier molecular flexibility index (Phi) is 4.80. The molecule has 2 amide bonds. The van der Waals surface area contributed by atoms with Crippen molar-refractivity contribution in [2.45, 2.75) is 19.8 Å². The second-order valence-corrected chi connectivity index (χ2v) is 5.49. The average Bonchev–Trinajstić information content (AvgIpc) is 2.50. The molecule has 0 saturated carbocycles. The first-order valence-electron chi connectivity index (χ1n) is 7.01. The lowest BCUT2D eigenvalue weighted by molar-refractivity contribution is -0.125. The molecule has 1 aliphatic heterocycles. The number of carbonyl (C=O) groups is 2. The summed E-state index contributed by atoms with van der Waals surface area (Å²) in [5, 5.41) is 8.74. The molecule has 0 aromatic heterocycles. The molecule has 6 nitrogen and oxygen atoms in total. The van der Waals surface area contributed by atoms with Crippen molar-refractivity contribution in [2.75, 3.05) is 30.8 Å². The van der Waals surface area contributed by atoms with Crippen LogP contribution < -0.4 is 16.0 Å². The first-order valence-corrected chi connectivity index (χ1v) is 7.01. The largest absolute Gasteiger partial charge is 0.453 e. The monoisotopic (exact) mass is 291 g/mol. The Morgan fingerprint density at radius 3 is 2.33 bits per heavy atom. The maximum absolute atomic E-state index is 12.4. The lowest BCUT2D eigenvalue weighted by Crippen LogP contribution is -2.46. The average molecular weight is 291 g/mol. The predicted octanol–water partition coefficient (Wildman–Crippen LogP) is 2.19. The summed E-state index contributed by atoms with van der Waals surface area (Å²) in [6.45, 7) is 3.64. The summed E-state index contributed by atoms with van der Waals surface area (Å²) in [4.78, 5) is 23.4. The van der Waals surface area contributed by atoms with E-state index in [1.165, 1.54) is 7.11 Å². The maximum Gasteiger partial charge on any atom is 0.411 e. The summed E-state index contributed by atoms with van der Waals surface area (Å²) in [6.07, 6.45) is 1.37. The number of nitrogens with one attached hydrogen (secondary N) is 3. The van der Waals surface area contributed by atoms with E-state index in [9.17, 15) is 9.59 Å². The van der Waals surface area contributed by atoms with Gasteiger partial charge in [-0.2, -0.15) is 0 Å². The van der Waals surface area contributed by atoms with Crippen molar-refractivity contribution in [1.29, 1.82) is 0 Å². The summed E-state index contributed by atoms with van der Waals surface area (Å²) in [5.74, 6) is 0.0170. The zero-order chi connectivity index (χ0) is 15.3. The molecule has 0 aliphatic carbocycles. The van der Waals surface area contributed by atoms with Crippen LogP contribution in [0.25, 0.3) is 0 Å². The predicted molar refractivity (Wildman–Crippen MR) is 81.3 cm³/mol. The molecule has 2 rings (SSSR count). The van der Waals surface area contributed by atoms with E-state index in [-0.39, 0.29) is 11.3 Å². The molecule has 1 saturated heterocycles. The van der Waals surface area contributed by atoms with Gasteiger partial charge in [0.25, 0.3) is 0 Å². The van der Waals surface area contributed by atoms with Crippen molar-refractivity contribution in [3.8, 4) is 0 Å². The highest BCUT2D eigenvalue weighted by Gasteiger charge is 2.34. The Hall–Kier alpha value is -2.08. The van der Waals surface area contributed by atoms with Crippen LogP contribution >= 0.6 is 0 Å². The lowest BCUT2D eigenvalue weighted by Gasteiger charge is -2.32. The number of amides is 2. The molecule has 3 N–H and O–H groups in total. The van der Waals surface area contributed by atoms with Gasteiger partial charge < -0.3 is 15.4 Å². The van der Waals surface area contributed by atoms with Gasteiger partial charge in [0.2, 0.25) is 5.91 Å². The summed E-state index contributed by atoms with van der Waals surface area (Å²) in [5.41, 5.74) is 0.953. The van der Waals surface area contributed by atoms with E-state index < -0.39 is 6.09 Å². The fraction of sp³-hybridized carbons (Fsp3) is 0.467. The molecule has 1 aromatic carbocycles. The van der Waals surface area contributed by atoms with Crippen molar-refractivity contribution in [3.63, 3.8) is 0 Å². The van der Waals surface area contributed by atoms with E-state index >= 15 is 0 Å². The highest BCUT2D eigenvalue weighted by atomic mass is 16.5. The molecule has 0 spiro atoms. The Labute approximate surface area is 124 Å². The number of anilines is 2. The van der Waals surface area contributed by atoms with Crippen molar-refractivity contribution in [3.05, 3.63) is 24.3 Å². The first kappa shape index (κ1) is 15.3. The summed E-state index contributed by atoms with van der Waals surface area (Å²) >= 11 is 0. The van der Waals surface area contributed by atoms with Crippen LogP contribution in [0.3, 0.4) is 0 Å². The summed E-state index contributed by atoms with van der Waals surface area (Å²) < 4.78 is 4.51. The first-order chi connectivity index (χ1) is 10.0. The second-order valence-electron chi connectivity index (χ2n) is 5.49. The lowest BCUT2D eigenvalue weighted by atomic mass is 9.82. The minimum atomic E-state index is -0.521. The number of rotatable bonds is 3. The fourth-order valence-electron chi connectivity index (χ4n) is 2.34. The maximum atomic E-state index is 12.4. The Morgan fingerprint density at radius 2 is 1.81 bits per heavy atom. The van der Waals surface area contributed by atoms with Crippen LogP contribution in [-0.4, -0.2) is 32.2 Å². The van der Waals surface area contributed by atoms with E-state index in [1.54, 1.807) is 24.3 Å². The van der Waals surface area contributed by atoms with Gasteiger partial charge in [-0.05, 0) is 50.6 Å². The third-order valence-electron chi connectivity index (χ3n) is 3.72. The molecule has 1 heterocycles. The number of hydrogen-bond acceptors (Lipinski definition) is 4. The van der Waals surface area contributed by atoms with Gasteiger partial charge in [-0.25, -0.2) is 4.79 Å². The number of benzene rings is 1. The molecule has 0 radical (unpaired) electrons. The molecular weight excluding hydrogens is 270 g/mol. The standard InChI is InChI=1S/C15H21N3O3/c1-15(8-3-9-16-10-15)13(19)17-11-4-6-12(7-5-11)18-14(20)21-2/h4-7,16H,3,8-10H2,1-2H3,(H,17,19)(H,18,20). The SMILES string of the molecule is COC(=O)Nc1ccc(NC(=O)C2(C)CCCNC2)cc1. The Balaban J connectivity index is 1.96. The van der Waals surface area contributed by atoms with Crippen molar-refractivity contribution in [1.82, 2.24) is 5.32 Å².